The molecule has 18 heavy (non-hydrogen) atoms. The number of hydrogen-bond donors (Lipinski definition) is 1. The van der Waals surface area contributed by atoms with Crippen molar-refractivity contribution in [2.24, 2.45) is 7.05 Å². The highest BCUT2D eigenvalue weighted by atomic mass is 79.9. The van der Waals surface area contributed by atoms with E-state index in [9.17, 15) is 0 Å². The van der Waals surface area contributed by atoms with Crippen LogP contribution >= 0.6 is 15.9 Å². The van der Waals surface area contributed by atoms with Crippen LogP contribution in [0, 0.1) is 0 Å². The van der Waals surface area contributed by atoms with Gasteiger partial charge in [0.05, 0.1) is 0 Å². The third kappa shape index (κ3) is 3.24. The molecule has 0 aliphatic carbocycles. The topological polar surface area (TPSA) is 17.0 Å². The summed E-state index contributed by atoms with van der Waals surface area (Å²) < 4.78 is 3.28. The minimum absolute atomic E-state index is 0.410. The number of nitrogens with one attached hydrogen (secondary N) is 1. The molecule has 1 atom stereocenters. The van der Waals surface area contributed by atoms with Gasteiger partial charge < -0.3 is 9.88 Å². The largest absolute Gasteiger partial charge is 0.353 e. The van der Waals surface area contributed by atoms with E-state index in [1.165, 1.54) is 11.3 Å². The SMILES string of the molecule is CCC(NCc1cccn1C)c1ccc(Br)cc1. The molecule has 0 saturated carbocycles. The number of aromatic nitrogens is 1. The summed E-state index contributed by atoms with van der Waals surface area (Å²) in [7, 11) is 2.08. The average molecular weight is 307 g/mol. The lowest BCUT2D eigenvalue weighted by Gasteiger charge is -2.18. The van der Waals surface area contributed by atoms with E-state index < -0.39 is 0 Å². The molecule has 1 unspecified atom stereocenters. The summed E-state index contributed by atoms with van der Waals surface area (Å²) in [5.74, 6) is 0. The Balaban J connectivity index is 2.01. The smallest absolute Gasteiger partial charge is 0.0364 e. The molecule has 2 aromatic rings. The summed E-state index contributed by atoms with van der Waals surface area (Å²) in [6.45, 7) is 3.11. The predicted octanol–water partition coefficient (Wildman–Crippen LogP) is 4.03. The molecule has 96 valence electrons. The Bertz CT molecular complexity index is 487. The molecule has 0 spiro atoms. The van der Waals surface area contributed by atoms with Gasteiger partial charge in [0.15, 0.2) is 0 Å². The molecule has 1 aromatic heterocycles. The predicted molar refractivity (Wildman–Crippen MR) is 79.4 cm³/mol. The van der Waals surface area contributed by atoms with Crippen LogP contribution in [-0.2, 0) is 13.6 Å². The van der Waals surface area contributed by atoms with Crippen molar-refractivity contribution in [1.82, 2.24) is 9.88 Å². The maximum atomic E-state index is 3.61. The van der Waals surface area contributed by atoms with Crippen molar-refractivity contribution in [1.29, 1.82) is 0 Å². The van der Waals surface area contributed by atoms with E-state index in [4.69, 9.17) is 0 Å². The monoisotopic (exact) mass is 306 g/mol. The summed E-state index contributed by atoms with van der Waals surface area (Å²) in [5.41, 5.74) is 2.65. The normalized spacial score (nSPS) is 12.6. The summed E-state index contributed by atoms with van der Waals surface area (Å²) in [6, 6.07) is 13.2. The Morgan fingerprint density at radius 3 is 2.50 bits per heavy atom. The zero-order valence-electron chi connectivity index (χ0n) is 10.9. The molecule has 1 heterocycles. The lowest BCUT2D eigenvalue weighted by molar-refractivity contribution is 0.508. The van der Waals surface area contributed by atoms with Gasteiger partial charge >= 0.3 is 0 Å². The lowest BCUT2D eigenvalue weighted by Crippen LogP contribution is -2.21. The van der Waals surface area contributed by atoms with Gasteiger partial charge in [-0.2, -0.15) is 0 Å². The van der Waals surface area contributed by atoms with Gasteiger partial charge in [-0.3, -0.25) is 0 Å². The van der Waals surface area contributed by atoms with Crippen molar-refractivity contribution in [2.75, 3.05) is 0 Å². The minimum atomic E-state index is 0.410. The molecule has 3 heteroatoms. The van der Waals surface area contributed by atoms with Crippen LogP contribution in [-0.4, -0.2) is 4.57 Å². The number of hydrogen-bond acceptors (Lipinski definition) is 1. The van der Waals surface area contributed by atoms with Crippen molar-refractivity contribution in [3.05, 3.63) is 58.3 Å². The van der Waals surface area contributed by atoms with Crippen molar-refractivity contribution < 1.29 is 0 Å². The molecule has 1 N–H and O–H groups in total. The van der Waals surface area contributed by atoms with Crippen LogP contribution in [0.5, 0.6) is 0 Å². The van der Waals surface area contributed by atoms with E-state index >= 15 is 0 Å². The molecule has 1 aromatic carbocycles. The first-order chi connectivity index (χ1) is 8.70. The van der Waals surface area contributed by atoms with Crippen LogP contribution in [0.3, 0.4) is 0 Å². The van der Waals surface area contributed by atoms with E-state index in [-0.39, 0.29) is 0 Å². The quantitative estimate of drug-likeness (QED) is 0.882. The Labute approximate surface area is 117 Å². The van der Waals surface area contributed by atoms with Crippen molar-refractivity contribution in [3.63, 3.8) is 0 Å². The summed E-state index contributed by atoms with van der Waals surface area (Å²) in [4.78, 5) is 0. The summed E-state index contributed by atoms with van der Waals surface area (Å²) >= 11 is 3.47. The molecular formula is C15H19BrN2. The van der Waals surface area contributed by atoms with E-state index in [2.05, 4.69) is 82.4 Å². The van der Waals surface area contributed by atoms with Gasteiger partial charge in [0.25, 0.3) is 0 Å². The number of aryl methyl sites for hydroxylation is 1. The van der Waals surface area contributed by atoms with Gasteiger partial charge in [-0.1, -0.05) is 35.0 Å². The highest BCUT2D eigenvalue weighted by Gasteiger charge is 2.09. The lowest BCUT2D eigenvalue weighted by atomic mass is 10.0. The maximum absolute atomic E-state index is 3.61. The maximum Gasteiger partial charge on any atom is 0.0364 e. The number of halogens is 1. The first kappa shape index (κ1) is 13.4. The molecule has 0 bridgehead atoms. The van der Waals surface area contributed by atoms with Crippen LogP contribution in [0.1, 0.15) is 30.6 Å². The molecular weight excluding hydrogens is 288 g/mol. The number of rotatable bonds is 5. The molecule has 0 saturated heterocycles. The van der Waals surface area contributed by atoms with Gasteiger partial charge in [0, 0.05) is 36.0 Å². The van der Waals surface area contributed by atoms with Crippen molar-refractivity contribution in [3.8, 4) is 0 Å². The number of nitrogens with zero attached hydrogens (tertiary/aromatic N) is 1. The third-order valence-corrected chi connectivity index (χ3v) is 3.79. The summed E-state index contributed by atoms with van der Waals surface area (Å²) in [5, 5.41) is 3.61. The van der Waals surface area contributed by atoms with Crippen LogP contribution < -0.4 is 5.32 Å². The molecule has 2 nitrogen and oxygen atoms in total. The molecule has 0 radical (unpaired) electrons. The van der Waals surface area contributed by atoms with Crippen LogP contribution in [0.2, 0.25) is 0 Å². The van der Waals surface area contributed by atoms with Gasteiger partial charge in [0.1, 0.15) is 0 Å². The Kier molecular flexibility index (Phi) is 4.61. The zero-order chi connectivity index (χ0) is 13.0. The van der Waals surface area contributed by atoms with Crippen LogP contribution in [0.15, 0.2) is 47.1 Å². The van der Waals surface area contributed by atoms with E-state index in [0.29, 0.717) is 6.04 Å². The Morgan fingerprint density at radius 1 is 1.22 bits per heavy atom. The van der Waals surface area contributed by atoms with Gasteiger partial charge in [-0.05, 0) is 36.2 Å². The van der Waals surface area contributed by atoms with Crippen molar-refractivity contribution in [2.45, 2.75) is 25.9 Å². The second-order valence-corrected chi connectivity index (χ2v) is 5.42. The fourth-order valence-corrected chi connectivity index (χ4v) is 2.37. The standard InChI is InChI=1S/C15H19BrN2/c1-3-15(12-6-8-13(16)9-7-12)17-11-14-5-4-10-18(14)2/h4-10,15,17H,3,11H2,1-2H3. The fraction of sp³-hybridized carbons (Fsp3) is 0.333. The van der Waals surface area contributed by atoms with Gasteiger partial charge in [0.2, 0.25) is 0 Å². The van der Waals surface area contributed by atoms with Gasteiger partial charge in [-0.25, -0.2) is 0 Å². The van der Waals surface area contributed by atoms with Crippen LogP contribution in [0.25, 0.3) is 0 Å². The minimum Gasteiger partial charge on any atom is -0.353 e. The third-order valence-electron chi connectivity index (χ3n) is 3.26. The highest BCUT2D eigenvalue weighted by Crippen LogP contribution is 2.19. The summed E-state index contributed by atoms with van der Waals surface area (Å²) in [6.07, 6.45) is 3.17. The Hall–Kier alpha value is -1.06. The first-order valence-electron chi connectivity index (χ1n) is 6.29. The second-order valence-electron chi connectivity index (χ2n) is 4.50. The van der Waals surface area contributed by atoms with Crippen molar-refractivity contribution >= 4 is 15.9 Å². The average Bonchev–Trinajstić information content (AvgIpc) is 2.78. The molecule has 2 rings (SSSR count). The van der Waals surface area contributed by atoms with E-state index in [1.807, 2.05) is 0 Å². The molecule has 0 fully saturated rings. The van der Waals surface area contributed by atoms with Gasteiger partial charge in [-0.15, -0.1) is 0 Å². The second kappa shape index (κ2) is 6.21. The zero-order valence-corrected chi connectivity index (χ0v) is 12.4. The number of benzene rings is 1. The van der Waals surface area contributed by atoms with E-state index in [0.717, 1.165) is 17.4 Å². The fourth-order valence-electron chi connectivity index (χ4n) is 2.10. The first-order valence-corrected chi connectivity index (χ1v) is 7.09. The molecule has 0 aliphatic heterocycles. The highest BCUT2D eigenvalue weighted by molar-refractivity contribution is 9.10. The molecule has 0 amide bonds. The molecule has 0 aliphatic rings. The van der Waals surface area contributed by atoms with E-state index in [1.54, 1.807) is 0 Å². The van der Waals surface area contributed by atoms with Crippen LogP contribution in [0.4, 0.5) is 0 Å². The Morgan fingerprint density at radius 2 is 1.94 bits per heavy atom.